The van der Waals surface area contributed by atoms with Crippen molar-refractivity contribution in [2.75, 3.05) is 68.5 Å². The molecule has 1 unspecified atom stereocenters. The number of fused-ring (bicyclic) bond motifs is 3. The fraction of sp³-hybridized carbons (Fsp3) is 0.772. The number of Topliss-reactive ketones (excluding diaryl/α,β-unsaturated/α-hetero) is 3. The van der Waals surface area contributed by atoms with Crippen molar-refractivity contribution in [1.82, 2.24) is 4.90 Å². The number of amides is 1. The first kappa shape index (κ1) is 62.1. The molecule has 1 saturated carbocycles. The number of piperidine rings is 1. The Balaban J connectivity index is 1.73. The third-order valence-electron chi connectivity index (χ3n) is 15.7. The van der Waals surface area contributed by atoms with Crippen LogP contribution in [-0.2, 0) is 66.6 Å². The van der Waals surface area contributed by atoms with E-state index < -0.39 is 71.8 Å². The summed E-state index contributed by atoms with van der Waals surface area (Å²) >= 11 is 0. The highest BCUT2D eigenvalue weighted by atomic mass is 16.6. The Hall–Kier alpha value is -3.45. The normalized spacial score (nSPS) is 36.2. The molecule has 1 N–H and O–H groups in total. The van der Waals surface area contributed by atoms with Crippen LogP contribution in [0, 0.1) is 35.5 Å². The number of aliphatic hydroxyl groups is 1. The Bertz CT molecular complexity index is 1900. The second-order valence-electron chi connectivity index (χ2n) is 21.2. The summed E-state index contributed by atoms with van der Waals surface area (Å²) in [5.74, 6) is -7.43. The number of hydrogen-bond acceptors (Lipinski definition) is 15. The number of carbonyl (C=O) groups is 5. The molecule has 1 aliphatic carbocycles. The number of ketones is 3. The molecule has 0 aromatic heterocycles. The first-order chi connectivity index (χ1) is 34.8. The second-order valence-corrected chi connectivity index (χ2v) is 21.2. The number of rotatable bonds is 14. The minimum absolute atomic E-state index is 0.0321. The lowest BCUT2D eigenvalue weighted by Gasteiger charge is -2.43. The number of methoxy groups -OCH3 is 5. The van der Waals surface area contributed by atoms with Crippen LogP contribution in [-0.4, -0.2) is 162 Å². The number of esters is 1. The zero-order valence-corrected chi connectivity index (χ0v) is 46.2. The maximum Gasteiger partial charge on any atom is 0.329 e. The molecule has 4 aliphatic rings. The smallest absolute Gasteiger partial charge is 0.329 e. The van der Waals surface area contributed by atoms with E-state index in [1.165, 1.54) is 19.1 Å². The van der Waals surface area contributed by atoms with E-state index in [-0.39, 0.29) is 79.9 Å². The second kappa shape index (κ2) is 30.9. The van der Waals surface area contributed by atoms with Crippen LogP contribution >= 0.6 is 0 Å². The number of allylic oxidation sites excluding steroid dienone is 6. The molecule has 2 bridgehead atoms. The van der Waals surface area contributed by atoms with Crippen molar-refractivity contribution in [3.05, 3.63) is 47.6 Å². The topological polar surface area (TPSA) is 192 Å². The summed E-state index contributed by atoms with van der Waals surface area (Å²) < 4.78 is 53.0. The van der Waals surface area contributed by atoms with Gasteiger partial charge in [0.1, 0.15) is 30.1 Å². The van der Waals surface area contributed by atoms with E-state index in [0.717, 1.165) is 24.8 Å². The van der Waals surface area contributed by atoms with Crippen molar-refractivity contribution < 1.29 is 71.7 Å². The first-order valence-electron chi connectivity index (χ1n) is 26.9. The summed E-state index contributed by atoms with van der Waals surface area (Å²) in [5, 5.41) is 12.2. The lowest BCUT2D eigenvalue weighted by Crippen LogP contribution is -2.61. The molecule has 3 aliphatic heterocycles. The van der Waals surface area contributed by atoms with E-state index in [1.807, 2.05) is 65.0 Å². The highest BCUT2D eigenvalue weighted by Crippen LogP contribution is 2.38. The van der Waals surface area contributed by atoms with Crippen molar-refractivity contribution in [2.24, 2.45) is 35.5 Å². The Kier molecular flexibility index (Phi) is 26.3. The summed E-state index contributed by atoms with van der Waals surface area (Å²) in [4.78, 5) is 73.1. The Morgan fingerprint density at radius 3 is 2.16 bits per heavy atom. The van der Waals surface area contributed by atoms with Gasteiger partial charge in [-0.05, 0) is 107 Å². The van der Waals surface area contributed by atoms with E-state index in [9.17, 15) is 29.1 Å². The highest BCUT2D eigenvalue weighted by Gasteiger charge is 2.53. The molecule has 414 valence electrons. The van der Waals surface area contributed by atoms with Gasteiger partial charge in [0.15, 0.2) is 5.78 Å². The van der Waals surface area contributed by atoms with Crippen LogP contribution in [0.5, 0.6) is 0 Å². The minimum atomic E-state index is -2.46. The van der Waals surface area contributed by atoms with Gasteiger partial charge in [0.2, 0.25) is 5.79 Å². The van der Waals surface area contributed by atoms with Crippen LogP contribution in [0.25, 0.3) is 0 Å². The number of nitrogens with zero attached hydrogens (tertiary/aromatic N) is 1. The van der Waals surface area contributed by atoms with Crippen molar-refractivity contribution in [3.63, 3.8) is 0 Å². The number of cyclic esters (lactones) is 1. The highest BCUT2D eigenvalue weighted by molar-refractivity contribution is 6.39. The largest absolute Gasteiger partial charge is 0.460 e. The SMILES string of the molecule is COCCOCCOC1C[C@@H]2CC[C@@H](C)[C@@](O)(O2)C(=O)C(=O)N2CCCC[C@H]2C(=O)O[C@H]([C@H](C)C[C@@H]2CC[C@@H](OC)[C@H](OC)C2)CC(=O)[C@H](C)/C=C(\C)[C@@H](OC)[C@@H](OC)C(=O)[C@H](C)C[C@H](C)/C=C/C=CC=C1C. The van der Waals surface area contributed by atoms with E-state index in [2.05, 4.69) is 0 Å². The molecule has 15 atom stereocenters. The first-order valence-corrected chi connectivity index (χ1v) is 26.9. The zero-order chi connectivity index (χ0) is 53.8. The zero-order valence-electron chi connectivity index (χ0n) is 46.2. The van der Waals surface area contributed by atoms with Crippen molar-refractivity contribution >= 4 is 29.2 Å². The van der Waals surface area contributed by atoms with Crippen molar-refractivity contribution in [3.8, 4) is 0 Å². The fourth-order valence-corrected chi connectivity index (χ4v) is 11.1. The fourth-order valence-electron chi connectivity index (χ4n) is 11.1. The summed E-state index contributed by atoms with van der Waals surface area (Å²) in [6, 6.07) is -1.13. The Morgan fingerprint density at radius 1 is 0.767 bits per heavy atom. The average Bonchev–Trinajstić information content (AvgIpc) is 3.37. The molecule has 2 saturated heterocycles. The third kappa shape index (κ3) is 17.8. The molecule has 3 fully saturated rings. The quantitative estimate of drug-likeness (QED) is 0.0777. The molecular formula is C57H91NO15. The molecular weight excluding hydrogens is 939 g/mol. The van der Waals surface area contributed by atoms with Crippen LogP contribution in [0.15, 0.2) is 47.6 Å². The summed E-state index contributed by atoms with van der Waals surface area (Å²) in [6.07, 6.45) is 13.7. The van der Waals surface area contributed by atoms with Gasteiger partial charge < -0.3 is 52.6 Å². The van der Waals surface area contributed by atoms with Gasteiger partial charge in [-0.25, -0.2) is 4.79 Å². The predicted octanol–water partition coefficient (Wildman–Crippen LogP) is 7.52. The average molecular weight is 1030 g/mol. The standard InChI is InChI=1S/C57H91NO15/c1-36-18-14-13-15-19-37(2)48(71-29-28-70-27-26-65-8)34-44-23-21-42(7)57(64,73-44)54(61)55(62)58-25-17-16-20-45(58)56(63)72-49(39(4)32-43-22-24-47(66-9)50(33-43)67-10)35-46(59)38(3)31-41(6)52(68-11)53(69-12)51(60)40(5)30-36/h13-15,18-19,31,36,38-40,42-45,47-50,52-53,64H,16-17,20-30,32-35H2,1-12H3/b15-13?,18-14+,37-19?,41-31+/t36-,38-,39-,40-,42-,43+,44+,45+,47-,48?,49+,50-,52-,53+,57-/m1/s1. The van der Waals surface area contributed by atoms with Gasteiger partial charge in [-0.1, -0.05) is 71.1 Å². The monoisotopic (exact) mass is 1030 g/mol. The lowest BCUT2D eigenvalue weighted by atomic mass is 9.78. The number of hydrogen-bond donors (Lipinski definition) is 1. The van der Waals surface area contributed by atoms with Crippen molar-refractivity contribution in [1.29, 1.82) is 0 Å². The summed E-state index contributed by atoms with van der Waals surface area (Å²) in [6.45, 7) is 14.6. The van der Waals surface area contributed by atoms with Gasteiger partial charge in [0.25, 0.3) is 11.7 Å². The van der Waals surface area contributed by atoms with Crippen LogP contribution in [0.4, 0.5) is 0 Å². The van der Waals surface area contributed by atoms with E-state index in [4.69, 9.17) is 42.6 Å². The Morgan fingerprint density at radius 2 is 1.48 bits per heavy atom. The van der Waals surface area contributed by atoms with Gasteiger partial charge in [-0.3, -0.25) is 19.2 Å². The minimum Gasteiger partial charge on any atom is -0.460 e. The van der Waals surface area contributed by atoms with Crippen LogP contribution in [0.1, 0.15) is 126 Å². The predicted molar refractivity (Wildman–Crippen MR) is 276 cm³/mol. The Labute approximate surface area is 436 Å². The third-order valence-corrected chi connectivity index (χ3v) is 15.7. The molecule has 0 radical (unpaired) electrons. The van der Waals surface area contributed by atoms with E-state index in [0.29, 0.717) is 63.9 Å². The molecule has 3 heterocycles. The van der Waals surface area contributed by atoms with Gasteiger partial charge in [0.05, 0.1) is 50.8 Å². The van der Waals surface area contributed by atoms with Crippen molar-refractivity contribution in [2.45, 2.75) is 180 Å². The molecule has 16 nitrogen and oxygen atoms in total. The van der Waals surface area contributed by atoms with E-state index >= 15 is 0 Å². The van der Waals surface area contributed by atoms with Crippen LogP contribution in [0.3, 0.4) is 0 Å². The molecule has 0 aromatic rings. The lowest BCUT2D eigenvalue weighted by molar-refractivity contribution is -0.266. The van der Waals surface area contributed by atoms with Gasteiger partial charge in [-0.15, -0.1) is 0 Å². The maximum atomic E-state index is 14.6. The molecule has 73 heavy (non-hydrogen) atoms. The van der Waals surface area contributed by atoms with Gasteiger partial charge >= 0.3 is 5.97 Å². The van der Waals surface area contributed by atoms with Crippen LogP contribution < -0.4 is 0 Å². The molecule has 0 aromatic carbocycles. The van der Waals surface area contributed by atoms with Gasteiger partial charge in [-0.2, -0.15) is 0 Å². The summed E-state index contributed by atoms with van der Waals surface area (Å²) in [5.41, 5.74) is 1.51. The van der Waals surface area contributed by atoms with Crippen LogP contribution in [0.2, 0.25) is 0 Å². The van der Waals surface area contributed by atoms with E-state index in [1.54, 1.807) is 41.3 Å². The maximum absolute atomic E-state index is 14.6. The summed E-state index contributed by atoms with van der Waals surface area (Å²) in [7, 11) is 7.96. The molecule has 0 spiro atoms. The number of ether oxygens (including phenoxy) is 9. The number of carbonyl (C=O) groups excluding carboxylic acids is 5. The molecule has 1 amide bonds. The van der Waals surface area contributed by atoms with Gasteiger partial charge in [0, 0.05) is 72.7 Å². The molecule has 4 rings (SSSR count). The molecule has 16 heteroatoms.